The van der Waals surface area contributed by atoms with Gasteiger partial charge >= 0.3 is 0 Å². The van der Waals surface area contributed by atoms with Crippen LogP contribution in [0.3, 0.4) is 0 Å². The van der Waals surface area contributed by atoms with E-state index in [1.807, 2.05) is 0 Å². The average Bonchev–Trinajstić information content (AvgIpc) is 3.28. The first-order valence-corrected chi connectivity index (χ1v) is 23.8. The van der Waals surface area contributed by atoms with Crippen molar-refractivity contribution in [2.24, 2.45) is 0 Å². The molecular weight excluding hydrogens is 800 g/mol. The summed E-state index contributed by atoms with van der Waals surface area (Å²) in [6.07, 6.45) is 0. The van der Waals surface area contributed by atoms with E-state index < -0.39 is 0 Å². The van der Waals surface area contributed by atoms with Gasteiger partial charge in [-0.2, -0.15) is 0 Å². The summed E-state index contributed by atoms with van der Waals surface area (Å²) in [4.78, 5) is 13.3. The van der Waals surface area contributed by atoms with E-state index in [0.717, 1.165) is 34.4 Å². The Kier molecular flexibility index (Phi) is 10.2. The van der Waals surface area contributed by atoms with Gasteiger partial charge in [-0.1, -0.05) is 180 Å². The van der Waals surface area contributed by atoms with Crippen LogP contribution in [0.5, 0.6) is 0 Å². The highest BCUT2D eigenvalue weighted by Gasteiger charge is 2.45. The molecule has 5 heteroatoms. The molecule has 0 aliphatic carbocycles. The van der Waals surface area contributed by atoms with Gasteiger partial charge in [0.15, 0.2) is 0 Å². The first-order valence-electron chi connectivity index (χ1n) is 23.8. The van der Waals surface area contributed by atoms with Crippen LogP contribution in [0.2, 0.25) is 0 Å². The van der Waals surface area contributed by atoms with Gasteiger partial charge in [0.2, 0.25) is 0 Å². The summed E-state index contributed by atoms with van der Waals surface area (Å²) in [6, 6.07) is 61.4. The second-order valence-corrected chi connectivity index (χ2v) is 22.7. The molecule has 10 rings (SSSR count). The lowest BCUT2D eigenvalue weighted by Gasteiger charge is -2.45. The number of anilines is 9. The predicted octanol–water partition coefficient (Wildman–Crippen LogP) is 15.0. The summed E-state index contributed by atoms with van der Waals surface area (Å²) in [5.74, 6) is 1.81. The number of para-hydroxylation sites is 1. The number of nitrogens with zero attached hydrogens (tertiary/aromatic N) is 4. The highest BCUT2D eigenvalue weighted by molar-refractivity contribution is 7.00. The number of fused-ring (bicyclic) bond motifs is 5. The van der Waals surface area contributed by atoms with E-state index in [4.69, 9.17) is 4.98 Å². The molecule has 0 spiro atoms. The number of pyridine rings is 1. The molecule has 1 aromatic heterocycles. The molecule has 0 atom stereocenters. The lowest BCUT2D eigenvalue weighted by atomic mass is 9.33. The Morgan fingerprint density at radius 3 is 1.61 bits per heavy atom. The fourth-order valence-electron chi connectivity index (χ4n) is 10.0. The zero-order chi connectivity index (χ0) is 46.5. The lowest BCUT2D eigenvalue weighted by molar-refractivity contribution is 0.589. The Morgan fingerprint density at radius 1 is 0.424 bits per heavy atom. The maximum absolute atomic E-state index is 5.94. The molecule has 0 saturated heterocycles. The Balaban J connectivity index is 1.28. The monoisotopic (exact) mass is 863 g/mol. The fraction of sp³-hybridized carbons (Fsp3) is 0.262. The molecule has 3 heterocycles. The molecule has 0 bridgehead atoms. The quantitative estimate of drug-likeness (QED) is 0.161. The first kappa shape index (κ1) is 43.3. The number of aromatic nitrogens is 1. The van der Waals surface area contributed by atoms with Crippen LogP contribution in [-0.2, 0) is 21.7 Å². The van der Waals surface area contributed by atoms with Gasteiger partial charge in [-0.05, 0) is 132 Å². The van der Waals surface area contributed by atoms with Crippen molar-refractivity contribution in [3.63, 3.8) is 0 Å². The van der Waals surface area contributed by atoms with Crippen LogP contribution < -0.4 is 31.1 Å². The Labute approximate surface area is 394 Å². The van der Waals surface area contributed by atoms with E-state index in [1.54, 1.807) is 0 Å². The summed E-state index contributed by atoms with van der Waals surface area (Å²) in [6.45, 7) is 27.6. The van der Waals surface area contributed by atoms with Crippen LogP contribution in [-0.4, -0.2) is 11.7 Å². The number of rotatable bonds is 5. The van der Waals surface area contributed by atoms with Gasteiger partial charge in [-0.3, -0.25) is 9.80 Å². The molecule has 0 saturated carbocycles. The van der Waals surface area contributed by atoms with Crippen molar-refractivity contribution in [2.75, 3.05) is 14.7 Å². The van der Waals surface area contributed by atoms with Crippen molar-refractivity contribution >= 4 is 85.3 Å². The maximum Gasteiger partial charge on any atom is 0.254 e. The third kappa shape index (κ3) is 7.47. The van der Waals surface area contributed by atoms with Crippen molar-refractivity contribution in [1.82, 2.24) is 4.98 Å². The minimum Gasteiger partial charge on any atom is -0.311 e. The molecule has 8 aromatic rings. The lowest BCUT2D eigenvalue weighted by Crippen LogP contribution is -2.62. The molecule has 0 radical (unpaired) electrons. The van der Waals surface area contributed by atoms with Crippen LogP contribution in [0.4, 0.5) is 51.4 Å². The molecule has 0 fully saturated rings. The van der Waals surface area contributed by atoms with Crippen molar-refractivity contribution in [3.05, 3.63) is 186 Å². The Morgan fingerprint density at radius 2 is 0.970 bits per heavy atom. The third-order valence-electron chi connectivity index (χ3n) is 13.9. The van der Waals surface area contributed by atoms with E-state index in [1.165, 1.54) is 66.5 Å². The standard InChI is InChI=1S/C61H63BN4/c1-58(2,3)41-25-30-46(31-26-41)64-52-35-29-43(60(7,8)9)37-50(52)62-49-34-36-55(63-57(49)66(45-21-14-13-15-22-45)54-39-44(61(10,11)12)38-53(64)56(54)62)65(47-32-27-42(28-33-47)59(4,5)6)51-24-18-20-40-19-16-17-23-48(40)51/h13-39H,1-12H3. The van der Waals surface area contributed by atoms with Crippen molar-refractivity contribution in [3.8, 4) is 0 Å². The second kappa shape index (κ2) is 15.5. The SMILES string of the molecule is CC(C)(C)c1ccc(N2c3ccc(C(C)(C)C)cc3B3c4ccc(N(c5ccc(C(C)(C)C)cc5)c5cccc6ccccc56)nc4N(c4ccccc4)c4cc(C(C)(C)C)cc2c43)cc1. The average molecular weight is 863 g/mol. The molecule has 0 unspecified atom stereocenters. The summed E-state index contributed by atoms with van der Waals surface area (Å²) >= 11 is 0. The maximum atomic E-state index is 5.94. The van der Waals surface area contributed by atoms with Crippen LogP contribution in [0.25, 0.3) is 10.8 Å². The predicted molar refractivity (Wildman–Crippen MR) is 285 cm³/mol. The van der Waals surface area contributed by atoms with Crippen molar-refractivity contribution in [2.45, 2.75) is 105 Å². The highest BCUT2D eigenvalue weighted by atomic mass is 15.3. The van der Waals surface area contributed by atoms with Crippen LogP contribution in [0.15, 0.2) is 164 Å². The number of hydrogen-bond acceptors (Lipinski definition) is 4. The molecule has 0 N–H and O–H groups in total. The van der Waals surface area contributed by atoms with Gasteiger partial charge in [0, 0.05) is 39.5 Å². The van der Waals surface area contributed by atoms with E-state index in [-0.39, 0.29) is 28.4 Å². The van der Waals surface area contributed by atoms with Gasteiger partial charge < -0.3 is 4.90 Å². The molecule has 0 amide bonds. The van der Waals surface area contributed by atoms with E-state index in [0.29, 0.717) is 0 Å². The van der Waals surface area contributed by atoms with Crippen LogP contribution in [0.1, 0.15) is 105 Å². The number of benzene rings is 7. The minimum absolute atomic E-state index is 0.0236. The van der Waals surface area contributed by atoms with Gasteiger partial charge in [-0.25, -0.2) is 4.98 Å². The zero-order valence-corrected chi connectivity index (χ0v) is 41.0. The van der Waals surface area contributed by atoms with Gasteiger partial charge in [-0.15, -0.1) is 0 Å². The topological polar surface area (TPSA) is 22.6 Å². The van der Waals surface area contributed by atoms with E-state index in [9.17, 15) is 0 Å². The van der Waals surface area contributed by atoms with E-state index >= 15 is 0 Å². The zero-order valence-electron chi connectivity index (χ0n) is 41.0. The third-order valence-corrected chi connectivity index (χ3v) is 13.9. The van der Waals surface area contributed by atoms with Crippen molar-refractivity contribution in [1.29, 1.82) is 0 Å². The fourth-order valence-corrected chi connectivity index (χ4v) is 10.0. The number of hydrogen-bond donors (Lipinski definition) is 0. The van der Waals surface area contributed by atoms with Crippen LogP contribution >= 0.6 is 0 Å². The first-order chi connectivity index (χ1) is 31.3. The second-order valence-electron chi connectivity index (χ2n) is 22.7. The summed E-state index contributed by atoms with van der Waals surface area (Å²) < 4.78 is 0. The Bertz CT molecular complexity index is 3120. The smallest absolute Gasteiger partial charge is 0.254 e. The highest BCUT2D eigenvalue weighted by Crippen LogP contribution is 2.48. The normalized spacial score (nSPS) is 13.7. The van der Waals surface area contributed by atoms with Gasteiger partial charge in [0.1, 0.15) is 11.6 Å². The Hall–Kier alpha value is -6.59. The molecule has 66 heavy (non-hydrogen) atoms. The molecule has 7 aromatic carbocycles. The summed E-state index contributed by atoms with van der Waals surface area (Å²) in [7, 11) is 0. The largest absolute Gasteiger partial charge is 0.311 e. The van der Waals surface area contributed by atoms with Crippen LogP contribution in [0, 0.1) is 0 Å². The summed E-state index contributed by atoms with van der Waals surface area (Å²) in [5.41, 5.74) is 16.9. The molecule has 330 valence electrons. The van der Waals surface area contributed by atoms with Crippen molar-refractivity contribution < 1.29 is 0 Å². The van der Waals surface area contributed by atoms with E-state index in [2.05, 4.69) is 262 Å². The molecule has 4 nitrogen and oxygen atoms in total. The minimum atomic E-state index is -0.137. The summed E-state index contributed by atoms with van der Waals surface area (Å²) in [5, 5.41) is 2.37. The molecule has 2 aliphatic rings. The molecule has 2 aliphatic heterocycles. The van der Waals surface area contributed by atoms with Gasteiger partial charge in [0.05, 0.1) is 5.69 Å². The van der Waals surface area contributed by atoms with Gasteiger partial charge in [0.25, 0.3) is 6.71 Å². The molecular formula is C61H63BN4.